The second-order valence-electron chi connectivity index (χ2n) is 11.1. The number of rotatable bonds is 12. The van der Waals surface area contributed by atoms with Crippen molar-refractivity contribution in [3.8, 4) is 5.75 Å². The molecule has 0 aliphatic heterocycles. The van der Waals surface area contributed by atoms with Crippen molar-refractivity contribution in [2.45, 2.75) is 75.9 Å². The minimum Gasteiger partial charge on any atom is -0.495 e. The topological polar surface area (TPSA) is 96.0 Å². The molecule has 44 heavy (non-hydrogen) atoms. The van der Waals surface area contributed by atoms with E-state index >= 15 is 0 Å². The van der Waals surface area contributed by atoms with Crippen LogP contribution in [0.2, 0.25) is 10.0 Å². The van der Waals surface area contributed by atoms with Gasteiger partial charge >= 0.3 is 0 Å². The molecule has 2 amide bonds. The molecule has 3 aromatic rings. The zero-order valence-electron chi connectivity index (χ0n) is 25.3. The van der Waals surface area contributed by atoms with E-state index in [-0.39, 0.29) is 39.8 Å². The number of halogens is 2. The van der Waals surface area contributed by atoms with Gasteiger partial charge in [-0.05, 0) is 74.2 Å². The standard InChI is InChI=1S/C33H39Cl2N3O5S/c1-4-29(33(40)36-27-8-6-5-7-9-27)37(21-24-12-14-25(34)15-13-24)32(39)22-38(30-20-26(35)16-19-31(30)43-3)44(41,42)28-17-10-23(2)11-18-28/h10-20,27,29H,4-9,21-22H2,1-3H3,(H,36,40)/t29-/m0/s1. The largest absolute Gasteiger partial charge is 0.495 e. The molecule has 0 saturated heterocycles. The SMILES string of the molecule is CC[C@@H](C(=O)NC1CCCCC1)N(Cc1ccc(Cl)cc1)C(=O)CN(c1cc(Cl)ccc1OC)S(=O)(=O)c1ccc(C)cc1. The fraction of sp³-hybridized carbons (Fsp3) is 0.394. The Balaban J connectivity index is 1.75. The van der Waals surface area contributed by atoms with Crippen LogP contribution in [0.25, 0.3) is 0 Å². The molecule has 11 heteroatoms. The molecule has 0 unspecified atom stereocenters. The number of carbonyl (C=O) groups excluding carboxylic acids is 2. The van der Waals surface area contributed by atoms with E-state index in [0.29, 0.717) is 11.4 Å². The lowest BCUT2D eigenvalue weighted by Gasteiger charge is -2.34. The summed E-state index contributed by atoms with van der Waals surface area (Å²) in [6, 6.07) is 17.2. The van der Waals surface area contributed by atoms with Crippen LogP contribution in [0.4, 0.5) is 5.69 Å². The van der Waals surface area contributed by atoms with E-state index in [1.807, 2.05) is 13.8 Å². The Morgan fingerprint density at radius 1 is 0.955 bits per heavy atom. The van der Waals surface area contributed by atoms with Crippen molar-refractivity contribution in [1.29, 1.82) is 0 Å². The molecule has 1 N–H and O–H groups in total. The maximum Gasteiger partial charge on any atom is 0.264 e. The minimum absolute atomic E-state index is 0.00395. The van der Waals surface area contributed by atoms with Gasteiger partial charge in [0.25, 0.3) is 10.0 Å². The molecule has 1 saturated carbocycles. The van der Waals surface area contributed by atoms with Crippen LogP contribution in [0.1, 0.15) is 56.6 Å². The highest BCUT2D eigenvalue weighted by atomic mass is 35.5. The number of hydrogen-bond acceptors (Lipinski definition) is 5. The van der Waals surface area contributed by atoms with Crippen molar-refractivity contribution in [3.05, 3.63) is 87.9 Å². The van der Waals surface area contributed by atoms with Crippen molar-refractivity contribution in [2.24, 2.45) is 0 Å². The lowest BCUT2D eigenvalue weighted by atomic mass is 9.95. The summed E-state index contributed by atoms with van der Waals surface area (Å²) >= 11 is 12.4. The third kappa shape index (κ3) is 8.25. The smallest absolute Gasteiger partial charge is 0.264 e. The van der Waals surface area contributed by atoms with Crippen LogP contribution >= 0.6 is 23.2 Å². The summed E-state index contributed by atoms with van der Waals surface area (Å²) in [7, 11) is -2.86. The van der Waals surface area contributed by atoms with Gasteiger partial charge in [0.2, 0.25) is 11.8 Å². The van der Waals surface area contributed by atoms with Crippen LogP contribution in [-0.4, -0.2) is 50.9 Å². The summed E-state index contributed by atoms with van der Waals surface area (Å²) in [6.07, 6.45) is 5.35. The minimum atomic E-state index is -4.27. The van der Waals surface area contributed by atoms with Crippen molar-refractivity contribution in [2.75, 3.05) is 18.0 Å². The van der Waals surface area contributed by atoms with Crippen molar-refractivity contribution in [1.82, 2.24) is 10.2 Å². The van der Waals surface area contributed by atoms with Crippen LogP contribution < -0.4 is 14.4 Å². The van der Waals surface area contributed by atoms with Gasteiger partial charge in [0.15, 0.2) is 0 Å². The Hall–Kier alpha value is -3.27. The van der Waals surface area contributed by atoms with Crippen LogP contribution in [0, 0.1) is 6.92 Å². The second-order valence-corrected chi connectivity index (χ2v) is 13.8. The Morgan fingerprint density at radius 3 is 2.20 bits per heavy atom. The van der Waals surface area contributed by atoms with Crippen molar-refractivity contribution in [3.63, 3.8) is 0 Å². The molecule has 0 bridgehead atoms. The second kappa shape index (κ2) is 15.1. The van der Waals surface area contributed by atoms with E-state index < -0.39 is 28.5 Å². The molecule has 4 rings (SSSR count). The fourth-order valence-electron chi connectivity index (χ4n) is 5.46. The van der Waals surface area contributed by atoms with E-state index in [4.69, 9.17) is 27.9 Å². The van der Waals surface area contributed by atoms with Gasteiger partial charge in [-0.1, -0.05) is 79.2 Å². The van der Waals surface area contributed by atoms with Gasteiger partial charge in [-0.15, -0.1) is 0 Å². The van der Waals surface area contributed by atoms with E-state index in [2.05, 4.69) is 5.32 Å². The maximum atomic E-state index is 14.4. The zero-order valence-corrected chi connectivity index (χ0v) is 27.6. The Kier molecular flexibility index (Phi) is 11.6. The monoisotopic (exact) mass is 659 g/mol. The van der Waals surface area contributed by atoms with Gasteiger partial charge in [-0.2, -0.15) is 0 Å². The molecule has 1 atom stereocenters. The Labute approximate surface area is 270 Å². The first kappa shape index (κ1) is 33.6. The van der Waals surface area contributed by atoms with E-state index in [9.17, 15) is 18.0 Å². The molecule has 1 aliphatic carbocycles. The fourth-order valence-corrected chi connectivity index (χ4v) is 7.17. The zero-order chi connectivity index (χ0) is 31.9. The number of hydrogen-bond donors (Lipinski definition) is 1. The molecular formula is C33H39Cl2N3O5S. The number of anilines is 1. The maximum absolute atomic E-state index is 14.4. The third-order valence-corrected chi connectivity index (χ3v) is 10.2. The quantitative estimate of drug-likeness (QED) is 0.232. The molecule has 0 aromatic heterocycles. The van der Waals surface area contributed by atoms with Crippen LogP contribution in [0.15, 0.2) is 71.6 Å². The molecule has 8 nitrogen and oxygen atoms in total. The summed E-state index contributed by atoms with van der Waals surface area (Å²) in [5, 5.41) is 3.96. The number of benzene rings is 3. The van der Waals surface area contributed by atoms with Crippen molar-refractivity contribution >= 4 is 50.7 Å². The number of ether oxygens (including phenoxy) is 1. The Morgan fingerprint density at radius 2 is 1.59 bits per heavy atom. The molecule has 1 fully saturated rings. The molecule has 236 valence electrons. The number of sulfonamides is 1. The summed E-state index contributed by atoms with van der Waals surface area (Å²) in [5.74, 6) is -0.581. The lowest BCUT2D eigenvalue weighted by Crippen LogP contribution is -2.54. The van der Waals surface area contributed by atoms with Gasteiger partial charge in [0.05, 0.1) is 17.7 Å². The van der Waals surface area contributed by atoms with Crippen LogP contribution in [-0.2, 0) is 26.2 Å². The number of nitrogens with one attached hydrogen (secondary N) is 1. The lowest BCUT2D eigenvalue weighted by molar-refractivity contribution is -0.140. The highest BCUT2D eigenvalue weighted by Gasteiger charge is 2.35. The average molecular weight is 661 g/mol. The molecular weight excluding hydrogens is 621 g/mol. The number of methoxy groups -OCH3 is 1. The average Bonchev–Trinajstić information content (AvgIpc) is 3.01. The van der Waals surface area contributed by atoms with Crippen molar-refractivity contribution < 1.29 is 22.7 Å². The predicted molar refractivity (Wildman–Crippen MR) is 175 cm³/mol. The highest BCUT2D eigenvalue weighted by Crippen LogP contribution is 2.35. The summed E-state index contributed by atoms with van der Waals surface area (Å²) < 4.78 is 34.9. The van der Waals surface area contributed by atoms with E-state index in [0.717, 1.165) is 47.5 Å². The number of aryl methyl sites for hydroxylation is 1. The van der Waals surface area contributed by atoms with Gasteiger partial charge in [-0.25, -0.2) is 8.42 Å². The summed E-state index contributed by atoms with van der Waals surface area (Å²) in [4.78, 5) is 29.5. The number of amides is 2. The van der Waals surface area contributed by atoms with E-state index in [1.54, 1.807) is 48.5 Å². The number of carbonyl (C=O) groups is 2. The predicted octanol–water partition coefficient (Wildman–Crippen LogP) is 6.76. The highest BCUT2D eigenvalue weighted by molar-refractivity contribution is 7.92. The third-order valence-electron chi connectivity index (χ3n) is 7.90. The van der Waals surface area contributed by atoms with E-state index in [1.165, 1.54) is 30.2 Å². The normalized spacial score (nSPS) is 14.5. The van der Waals surface area contributed by atoms with Gasteiger partial charge in [0.1, 0.15) is 18.3 Å². The summed E-state index contributed by atoms with van der Waals surface area (Å²) in [6.45, 7) is 3.19. The van der Waals surface area contributed by atoms with Crippen LogP contribution in [0.3, 0.4) is 0 Å². The van der Waals surface area contributed by atoms with Gasteiger partial charge in [0, 0.05) is 22.6 Å². The van der Waals surface area contributed by atoms with Gasteiger partial charge in [-0.3, -0.25) is 13.9 Å². The summed E-state index contributed by atoms with van der Waals surface area (Å²) in [5.41, 5.74) is 1.75. The van der Waals surface area contributed by atoms with Gasteiger partial charge < -0.3 is 15.0 Å². The first-order valence-electron chi connectivity index (χ1n) is 14.8. The molecule has 3 aromatic carbocycles. The first-order chi connectivity index (χ1) is 21.0. The molecule has 0 radical (unpaired) electrons. The number of nitrogens with zero attached hydrogens (tertiary/aromatic N) is 2. The molecule has 0 spiro atoms. The Bertz CT molecular complexity index is 1540. The molecule has 0 heterocycles. The molecule has 1 aliphatic rings. The first-order valence-corrected chi connectivity index (χ1v) is 17.0. The van der Waals surface area contributed by atoms with Crippen LogP contribution in [0.5, 0.6) is 5.75 Å².